The second kappa shape index (κ2) is 8.61. The van der Waals surface area contributed by atoms with E-state index in [1.807, 2.05) is 4.90 Å². The second-order valence-corrected chi connectivity index (χ2v) is 7.62. The van der Waals surface area contributed by atoms with E-state index in [-0.39, 0.29) is 5.91 Å². The summed E-state index contributed by atoms with van der Waals surface area (Å²) in [5.41, 5.74) is 1.24. The van der Waals surface area contributed by atoms with Crippen LogP contribution in [0.5, 0.6) is 5.75 Å². The standard InChI is InChI=1S/C22H28N2O3/c25-22(21-8-4-14-26-21)24-13-3-5-18(16-24)23-15-17-9-11-20(12-10-17)27-19-6-1-2-7-19/h4,8-12,14,18-19,23H,1-3,5-7,13,15-16H2. The van der Waals surface area contributed by atoms with Crippen molar-refractivity contribution in [2.24, 2.45) is 0 Å². The third kappa shape index (κ3) is 4.72. The lowest BCUT2D eigenvalue weighted by Gasteiger charge is -2.32. The first-order chi connectivity index (χ1) is 13.3. The molecular formula is C22H28N2O3. The van der Waals surface area contributed by atoms with Gasteiger partial charge in [0.25, 0.3) is 5.91 Å². The molecule has 1 aromatic heterocycles. The van der Waals surface area contributed by atoms with Gasteiger partial charge in [-0.15, -0.1) is 0 Å². The maximum atomic E-state index is 12.5. The van der Waals surface area contributed by atoms with Crippen LogP contribution >= 0.6 is 0 Å². The summed E-state index contributed by atoms with van der Waals surface area (Å²) >= 11 is 0. The number of nitrogens with one attached hydrogen (secondary N) is 1. The van der Waals surface area contributed by atoms with Gasteiger partial charge in [-0.05, 0) is 68.4 Å². The molecule has 0 bridgehead atoms. The molecule has 1 unspecified atom stereocenters. The molecule has 2 heterocycles. The summed E-state index contributed by atoms with van der Waals surface area (Å²) in [5.74, 6) is 1.38. The van der Waals surface area contributed by atoms with Gasteiger partial charge < -0.3 is 19.4 Å². The van der Waals surface area contributed by atoms with Crippen LogP contribution in [0.1, 0.15) is 54.6 Å². The molecule has 2 fully saturated rings. The molecule has 1 aromatic carbocycles. The number of nitrogens with zero attached hydrogens (tertiary/aromatic N) is 1. The summed E-state index contributed by atoms with van der Waals surface area (Å²) in [7, 11) is 0. The molecule has 1 atom stereocenters. The van der Waals surface area contributed by atoms with E-state index < -0.39 is 0 Å². The molecule has 5 nitrogen and oxygen atoms in total. The Kier molecular flexibility index (Phi) is 5.78. The van der Waals surface area contributed by atoms with Crippen LogP contribution in [0.3, 0.4) is 0 Å². The number of hydrogen-bond acceptors (Lipinski definition) is 4. The van der Waals surface area contributed by atoms with E-state index in [0.717, 1.165) is 38.2 Å². The Hall–Kier alpha value is -2.27. The van der Waals surface area contributed by atoms with Crippen molar-refractivity contribution in [3.63, 3.8) is 0 Å². The normalized spacial score (nSPS) is 20.7. The molecule has 1 aliphatic heterocycles. The van der Waals surface area contributed by atoms with Crippen molar-refractivity contribution in [3.8, 4) is 5.75 Å². The highest BCUT2D eigenvalue weighted by Gasteiger charge is 2.25. The Bertz CT molecular complexity index is 721. The zero-order chi connectivity index (χ0) is 18.5. The second-order valence-electron chi connectivity index (χ2n) is 7.62. The minimum atomic E-state index is -0.0140. The minimum Gasteiger partial charge on any atom is -0.490 e. The predicted octanol–water partition coefficient (Wildman–Crippen LogP) is 4.00. The maximum absolute atomic E-state index is 12.5. The van der Waals surface area contributed by atoms with Gasteiger partial charge in [-0.1, -0.05) is 12.1 Å². The van der Waals surface area contributed by atoms with Gasteiger partial charge in [0.05, 0.1) is 12.4 Å². The van der Waals surface area contributed by atoms with Gasteiger partial charge in [-0.25, -0.2) is 0 Å². The number of likely N-dealkylation sites (tertiary alicyclic amines) is 1. The van der Waals surface area contributed by atoms with E-state index in [0.29, 0.717) is 17.9 Å². The van der Waals surface area contributed by atoms with Crippen molar-refractivity contribution in [1.29, 1.82) is 0 Å². The van der Waals surface area contributed by atoms with Gasteiger partial charge in [0, 0.05) is 25.7 Å². The van der Waals surface area contributed by atoms with Gasteiger partial charge >= 0.3 is 0 Å². The molecule has 1 amide bonds. The van der Waals surface area contributed by atoms with Crippen molar-refractivity contribution in [3.05, 3.63) is 54.0 Å². The molecule has 2 aliphatic rings. The lowest BCUT2D eigenvalue weighted by Crippen LogP contribution is -2.47. The zero-order valence-electron chi connectivity index (χ0n) is 15.7. The van der Waals surface area contributed by atoms with Gasteiger partial charge in [0.15, 0.2) is 5.76 Å². The van der Waals surface area contributed by atoms with Crippen LogP contribution in [0.15, 0.2) is 47.1 Å². The zero-order valence-corrected chi connectivity index (χ0v) is 15.7. The molecule has 144 valence electrons. The number of hydrogen-bond donors (Lipinski definition) is 1. The monoisotopic (exact) mass is 368 g/mol. The lowest BCUT2D eigenvalue weighted by molar-refractivity contribution is 0.0662. The van der Waals surface area contributed by atoms with Crippen molar-refractivity contribution in [1.82, 2.24) is 10.2 Å². The van der Waals surface area contributed by atoms with E-state index in [4.69, 9.17) is 9.15 Å². The van der Waals surface area contributed by atoms with Gasteiger partial charge in [-0.2, -0.15) is 0 Å². The largest absolute Gasteiger partial charge is 0.490 e. The number of carbonyl (C=O) groups is 1. The van der Waals surface area contributed by atoms with Crippen molar-refractivity contribution >= 4 is 5.91 Å². The molecule has 1 saturated carbocycles. The first-order valence-corrected chi connectivity index (χ1v) is 10.1. The first kappa shape index (κ1) is 18.1. The SMILES string of the molecule is O=C(c1ccco1)N1CCCC(NCc2ccc(OC3CCCC3)cc2)C1. The number of furan rings is 1. The van der Waals surface area contributed by atoms with Crippen LogP contribution in [0.4, 0.5) is 0 Å². The van der Waals surface area contributed by atoms with Gasteiger partial charge in [0.2, 0.25) is 0 Å². The fourth-order valence-corrected chi connectivity index (χ4v) is 4.03. The summed E-state index contributed by atoms with van der Waals surface area (Å²) in [6.45, 7) is 2.32. The molecule has 0 spiro atoms. The molecule has 27 heavy (non-hydrogen) atoms. The topological polar surface area (TPSA) is 54.7 Å². The Balaban J connectivity index is 1.26. The molecule has 1 saturated heterocycles. The highest BCUT2D eigenvalue weighted by Crippen LogP contribution is 2.24. The molecule has 5 heteroatoms. The van der Waals surface area contributed by atoms with E-state index >= 15 is 0 Å². The lowest BCUT2D eigenvalue weighted by atomic mass is 10.0. The number of piperidine rings is 1. The number of benzene rings is 1. The molecular weight excluding hydrogens is 340 g/mol. The Labute approximate surface area is 160 Å². The van der Waals surface area contributed by atoms with Crippen molar-refractivity contribution in [2.75, 3.05) is 13.1 Å². The Morgan fingerprint density at radius 3 is 2.67 bits per heavy atom. The van der Waals surface area contributed by atoms with Crippen molar-refractivity contribution in [2.45, 2.75) is 57.2 Å². The Morgan fingerprint density at radius 1 is 1.11 bits per heavy atom. The van der Waals surface area contributed by atoms with Crippen LogP contribution in [0.2, 0.25) is 0 Å². The third-order valence-corrected chi connectivity index (χ3v) is 5.56. The summed E-state index contributed by atoms with van der Waals surface area (Å²) in [5, 5.41) is 3.60. The Morgan fingerprint density at radius 2 is 1.93 bits per heavy atom. The fourth-order valence-electron chi connectivity index (χ4n) is 4.03. The summed E-state index contributed by atoms with van der Waals surface area (Å²) < 4.78 is 11.3. The number of ether oxygens (including phenoxy) is 1. The van der Waals surface area contributed by atoms with Crippen LogP contribution in [-0.4, -0.2) is 36.0 Å². The van der Waals surface area contributed by atoms with E-state index in [2.05, 4.69) is 29.6 Å². The third-order valence-electron chi connectivity index (χ3n) is 5.56. The van der Waals surface area contributed by atoms with E-state index in [9.17, 15) is 4.79 Å². The van der Waals surface area contributed by atoms with Gasteiger partial charge in [0.1, 0.15) is 5.75 Å². The maximum Gasteiger partial charge on any atom is 0.289 e. The predicted molar refractivity (Wildman–Crippen MR) is 104 cm³/mol. The summed E-state index contributed by atoms with van der Waals surface area (Å²) in [6.07, 6.45) is 8.97. The molecule has 0 radical (unpaired) electrons. The molecule has 2 aromatic rings. The average Bonchev–Trinajstić information content (AvgIpc) is 3.41. The number of carbonyl (C=O) groups excluding carboxylic acids is 1. The highest BCUT2D eigenvalue weighted by atomic mass is 16.5. The van der Waals surface area contributed by atoms with E-state index in [1.54, 1.807) is 18.4 Å². The number of amides is 1. The van der Waals surface area contributed by atoms with Crippen LogP contribution in [0, 0.1) is 0 Å². The van der Waals surface area contributed by atoms with Crippen LogP contribution in [0.25, 0.3) is 0 Å². The van der Waals surface area contributed by atoms with Crippen LogP contribution in [-0.2, 0) is 6.54 Å². The first-order valence-electron chi connectivity index (χ1n) is 10.1. The fraction of sp³-hybridized carbons (Fsp3) is 0.500. The minimum absolute atomic E-state index is 0.0140. The summed E-state index contributed by atoms with van der Waals surface area (Å²) in [4.78, 5) is 14.3. The quantitative estimate of drug-likeness (QED) is 0.837. The van der Waals surface area contributed by atoms with Crippen LogP contribution < -0.4 is 10.1 Å². The average molecular weight is 368 g/mol. The highest BCUT2D eigenvalue weighted by molar-refractivity contribution is 5.91. The van der Waals surface area contributed by atoms with Crippen molar-refractivity contribution < 1.29 is 13.9 Å². The molecule has 1 aliphatic carbocycles. The number of rotatable bonds is 6. The smallest absolute Gasteiger partial charge is 0.289 e. The molecule has 1 N–H and O–H groups in total. The van der Waals surface area contributed by atoms with Gasteiger partial charge in [-0.3, -0.25) is 4.79 Å². The molecule has 4 rings (SSSR count). The summed E-state index contributed by atoms with van der Waals surface area (Å²) in [6, 6.07) is 12.2. The van der Waals surface area contributed by atoms with E-state index in [1.165, 1.54) is 31.2 Å².